The molecular formula is C24H23N3O2S. The van der Waals surface area contributed by atoms with Gasteiger partial charge < -0.3 is 0 Å². The van der Waals surface area contributed by atoms with Gasteiger partial charge in [-0.3, -0.25) is 0 Å². The average molecular weight is 418 g/mol. The summed E-state index contributed by atoms with van der Waals surface area (Å²) in [6, 6.07) is 28.9. The molecule has 4 rings (SSSR count). The highest BCUT2D eigenvalue weighted by molar-refractivity contribution is 7.89. The number of para-hydroxylation sites is 1. The van der Waals surface area contributed by atoms with Crippen molar-refractivity contribution in [3.05, 3.63) is 103 Å². The molecule has 0 spiro atoms. The highest BCUT2D eigenvalue weighted by Gasteiger charge is 2.23. The minimum absolute atomic E-state index is 0.178. The van der Waals surface area contributed by atoms with Crippen LogP contribution >= 0.6 is 0 Å². The van der Waals surface area contributed by atoms with Crippen LogP contribution in [0.2, 0.25) is 0 Å². The first-order valence-corrected chi connectivity index (χ1v) is 11.4. The molecule has 6 heteroatoms. The highest BCUT2D eigenvalue weighted by Crippen LogP contribution is 2.27. The predicted octanol–water partition coefficient (Wildman–Crippen LogP) is 4.45. The molecule has 152 valence electrons. The summed E-state index contributed by atoms with van der Waals surface area (Å²) in [4.78, 5) is 0.178. The fraction of sp³-hybridized carbons (Fsp3) is 0.125. The lowest BCUT2D eigenvalue weighted by Crippen LogP contribution is -2.25. The van der Waals surface area contributed by atoms with Crippen molar-refractivity contribution in [1.82, 2.24) is 14.5 Å². The zero-order chi connectivity index (χ0) is 20.8. The van der Waals surface area contributed by atoms with E-state index in [1.807, 2.05) is 91.0 Å². The first-order valence-electron chi connectivity index (χ1n) is 9.87. The number of hydrogen-bond donors (Lipinski definition) is 1. The summed E-state index contributed by atoms with van der Waals surface area (Å²) in [5.74, 6) is 0. The molecule has 0 saturated carbocycles. The molecule has 0 unspecified atom stereocenters. The Morgan fingerprint density at radius 1 is 0.800 bits per heavy atom. The third-order valence-electron chi connectivity index (χ3n) is 4.82. The number of aromatic nitrogens is 2. The summed E-state index contributed by atoms with van der Waals surface area (Å²) in [6.45, 7) is 0.363. The normalized spacial score (nSPS) is 11.5. The molecule has 0 aliphatic rings. The molecule has 4 aromatic rings. The van der Waals surface area contributed by atoms with Crippen LogP contribution in [0.1, 0.15) is 12.0 Å². The molecule has 0 aliphatic carbocycles. The molecule has 0 aliphatic heterocycles. The van der Waals surface area contributed by atoms with E-state index in [0.29, 0.717) is 12.2 Å². The van der Waals surface area contributed by atoms with Crippen molar-refractivity contribution < 1.29 is 8.42 Å². The van der Waals surface area contributed by atoms with Gasteiger partial charge in [0.25, 0.3) is 0 Å². The minimum Gasteiger partial charge on any atom is -0.239 e. The third-order valence-corrected chi connectivity index (χ3v) is 6.28. The van der Waals surface area contributed by atoms with Crippen LogP contribution in [0.15, 0.2) is 102 Å². The Hall–Kier alpha value is -3.22. The maximum atomic E-state index is 13.1. The molecule has 1 heterocycles. The molecule has 0 radical (unpaired) electrons. The van der Waals surface area contributed by atoms with Crippen LogP contribution in [-0.4, -0.2) is 24.7 Å². The zero-order valence-corrected chi connectivity index (χ0v) is 17.3. The van der Waals surface area contributed by atoms with E-state index < -0.39 is 10.0 Å². The largest absolute Gasteiger partial charge is 0.244 e. The summed E-state index contributed by atoms with van der Waals surface area (Å²) >= 11 is 0. The summed E-state index contributed by atoms with van der Waals surface area (Å²) in [5.41, 5.74) is 3.20. The molecular weight excluding hydrogens is 394 g/mol. The molecule has 0 bridgehead atoms. The van der Waals surface area contributed by atoms with E-state index in [0.717, 1.165) is 24.1 Å². The van der Waals surface area contributed by atoms with E-state index in [1.54, 1.807) is 10.9 Å². The summed E-state index contributed by atoms with van der Waals surface area (Å²) < 4.78 is 30.6. The molecule has 0 amide bonds. The van der Waals surface area contributed by atoms with Gasteiger partial charge in [-0.1, -0.05) is 78.9 Å². The fourth-order valence-corrected chi connectivity index (χ4v) is 4.51. The second-order valence-corrected chi connectivity index (χ2v) is 8.71. The van der Waals surface area contributed by atoms with Crippen molar-refractivity contribution in [2.45, 2.75) is 17.7 Å². The van der Waals surface area contributed by atoms with Crippen LogP contribution in [0.3, 0.4) is 0 Å². The zero-order valence-electron chi connectivity index (χ0n) is 16.5. The first-order chi connectivity index (χ1) is 14.6. The second-order valence-electron chi connectivity index (χ2n) is 6.98. The number of sulfonamides is 1. The van der Waals surface area contributed by atoms with Gasteiger partial charge >= 0.3 is 0 Å². The summed E-state index contributed by atoms with van der Waals surface area (Å²) in [7, 11) is -3.71. The van der Waals surface area contributed by atoms with Crippen molar-refractivity contribution in [3.8, 4) is 16.9 Å². The monoisotopic (exact) mass is 417 g/mol. The first kappa shape index (κ1) is 20.1. The number of rotatable bonds is 8. The van der Waals surface area contributed by atoms with E-state index in [9.17, 15) is 8.42 Å². The van der Waals surface area contributed by atoms with Gasteiger partial charge in [0.05, 0.1) is 11.9 Å². The minimum atomic E-state index is -3.71. The lowest BCUT2D eigenvalue weighted by molar-refractivity contribution is 0.579. The van der Waals surface area contributed by atoms with E-state index in [1.165, 1.54) is 5.56 Å². The smallest absolute Gasteiger partial charge is 0.239 e. The summed E-state index contributed by atoms with van der Waals surface area (Å²) in [5, 5.41) is 4.59. The van der Waals surface area contributed by atoms with Gasteiger partial charge in [-0.2, -0.15) is 5.10 Å². The Morgan fingerprint density at radius 3 is 2.07 bits per heavy atom. The average Bonchev–Trinajstić information content (AvgIpc) is 3.25. The van der Waals surface area contributed by atoms with Crippen LogP contribution in [0.4, 0.5) is 0 Å². The van der Waals surface area contributed by atoms with E-state index in [2.05, 4.69) is 9.82 Å². The number of nitrogens with one attached hydrogen (secondary N) is 1. The van der Waals surface area contributed by atoms with Crippen molar-refractivity contribution >= 4 is 10.0 Å². The Bertz CT molecular complexity index is 1190. The molecule has 0 fully saturated rings. The second kappa shape index (κ2) is 9.07. The maximum Gasteiger partial charge on any atom is 0.244 e. The predicted molar refractivity (Wildman–Crippen MR) is 119 cm³/mol. The number of aryl methyl sites for hydroxylation is 1. The Morgan fingerprint density at radius 2 is 1.40 bits per heavy atom. The summed E-state index contributed by atoms with van der Waals surface area (Å²) in [6.07, 6.45) is 3.12. The number of benzene rings is 3. The van der Waals surface area contributed by atoms with Crippen molar-refractivity contribution in [2.75, 3.05) is 6.54 Å². The van der Waals surface area contributed by atoms with Gasteiger partial charge in [0.2, 0.25) is 10.0 Å². The van der Waals surface area contributed by atoms with Crippen LogP contribution in [-0.2, 0) is 16.4 Å². The molecule has 30 heavy (non-hydrogen) atoms. The fourth-order valence-electron chi connectivity index (χ4n) is 3.29. The molecule has 0 saturated heterocycles. The quantitative estimate of drug-likeness (QED) is 0.431. The highest BCUT2D eigenvalue weighted by atomic mass is 32.2. The number of hydrogen-bond acceptors (Lipinski definition) is 3. The Balaban J connectivity index is 1.58. The molecule has 1 N–H and O–H groups in total. The van der Waals surface area contributed by atoms with E-state index in [4.69, 9.17) is 0 Å². The van der Waals surface area contributed by atoms with Gasteiger partial charge in [0, 0.05) is 12.1 Å². The Kier molecular flexibility index (Phi) is 6.07. The van der Waals surface area contributed by atoms with Gasteiger partial charge in [0.1, 0.15) is 10.6 Å². The topological polar surface area (TPSA) is 64.0 Å². The van der Waals surface area contributed by atoms with Gasteiger partial charge in [0.15, 0.2) is 0 Å². The molecule has 5 nitrogen and oxygen atoms in total. The van der Waals surface area contributed by atoms with Crippen LogP contribution in [0, 0.1) is 0 Å². The lowest BCUT2D eigenvalue weighted by Gasteiger charge is -2.07. The number of nitrogens with zero attached hydrogens (tertiary/aromatic N) is 2. The Labute approximate surface area is 177 Å². The lowest BCUT2D eigenvalue weighted by atomic mass is 10.1. The van der Waals surface area contributed by atoms with Crippen molar-refractivity contribution in [3.63, 3.8) is 0 Å². The van der Waals surface area contributed by atoms with Crippen molar-refractivity contribution in [2.24, 2.45) is 0 Å². The van der Waals surface area contributed by atoms with E-state index in [-0.39, 0.29) is 4.90 Å². The third kappa shape index (κ3) is 4.67. The molecule has 0 atom stereocenters. The van der Waals surface area contributed by atoms with Crippen LogP contribution in [0.5, 0.6) is 0 Å². The van der Waals surface area contributed by atoms with Gasteiger partial charge in [-0.25, -0.2) is 17.8 Å². The SMILES string of the molecule is O=S(=O)(NCCCc1ccccc1)c1cn(-c2ccccc2)nc1-c1ccccc1. The van der Waals surface area contributed by atoms with E-state index >= 15 is 0 Å². The van der Waals surface area contributed by atoms with Crippen LogP contribution in [0.25, 0.3) is 16.9 Å². The molecule has 3 aromatic carbocycles. The van der Waals surface area contributed by atoms with Gasteiger partial charge in [-0.15, -0.1) is 0 Å². The van der Waals surface area contributed by atoms with Gasteiger partial charge in [-0.05, 0) is 30.5 Å². The molecule has 1 aromatic heterocycles. The van der Waals surface area contributed by atoms with Crippen LogP contribution < -0.4 is 4.72 Å². The standard InChI is InChI=1S/C24H23N3O2S/c28-30(29,25-18-10-13-20-11-4-1-5-12-20)23-19-27(22-16-8-3-9-17-22)26-24(23)21-14-6-2-7-15-21/h1-9,11-12,14-17,19,25H,10,13,18H2. The maximum absolute atomic E-state index is 13.1. The van der Waals surface area contributed by atoms with Crippen molar-refractivity contribution in [1.29, 1.82) is 0 Å².